The SMILES string of the molecule is CC(C)c1nnc2nc(N[C@H](C)c3cc(N)cc(C(F)(F)F)c3)c3c(n12)CN(C(=O)N1CCOCC1)C3. The second kappa shape index (κ2) is 9.36. The molecule has 2 amide bonds. The van der Waals surface area contributed by atoms with E-state index in [0.29, 0.717) is 56.6 Å². The number of anilines is 2. The minimum absolute atomic E-state index is 0.0217. The first-order chi connectivity index (χ1) is 17.5. The standard InChI is InChI=1S/C24H29F3N8O2/c1-13(2)21-31-32-22-30-20(29-14(3)15-8-16(24(25,26)27)10-17(28)9-15)18-11-34(12-19(18)35(21)22)23(36)33-4-6-37-7-5-33/h8-10,13-14H,4-7,11-12,28H2,1-3H3,(H,29,30,32)/t14-/m1/s1. The fourth-order valence-electron chi connectivity index (χ4n) is 4.78. The van der Waals surface area contributed by atoms with Crippen LogP contribution in [0, 0.1) is 0 Å². The molecular formula is C24H29F3N8O2. The number of carbonyl (C=O) groups is 1. The van der Waals surface area contributed by atoms with Crippen molar-refractivity contribution in [3.05, 3.63) is 46.4 Å². The van der Waals surface area contributed by atoms with Crippen LogP contribution in [0.5, 0.6) is 0 Å². The number of halogens is 3. The molecule has 3 N–H and O–H groups in total. The van der Waals surface area contributed by atoms with Crippen LogP contribution in [0.4, 0.5) is 29.5 Å². The number of nitrogens with one attached hydrogen (secondary N) is 1. The number of hydrogen-bond acceptors (Lipinski definition) is 7. The minimum atomic E-state index is -4.52. The van der Waals surface area contributed by atoms with Gasteiger partial charge in [0.25, 0.3) is 5.78 Å². The summed E-state index contributed by atoms with van der Waals surface area (Å²) in [5.41, 5.74) is 6.97. The van der Waals surface area contributed by atoms with E-state index in [1.807, 2.05) is 18.2 Å². The van der Waals surface area contributed by atoms with Gasteiger partial charge in [-0.2, -0.15) is 18.2 Å². The summed E-state index contributed by atoms with van der Waals surface area (Å²) in [6, 6.07) is 2.84. The number of benzene rings is 1. The number of alkyl halides is 3. The van der Waals surface area contributed by atoms with Gasteiger partial charge in [-0.15, -0.1) is 10.2 Å². The van der Waals surface area contributed by atoms with E-state index in [-0.39, 0.29) is 17.6 Å². The number of amides is 2. The highest BCUT2D eigenvalue weighted by molar-refractivity contribution is 5.76. The number of urea groups is 1. The third kappa shape index (κ3) is 4.75. The van der Waals surface area contributed by atoms with Crippen LogP contribution in [0.25, 0.3) is 5.78 Å². The molecule has 1 saturated heterocycles. The van der Waals surface area contributed by atoms with Crippen molar-refractivity contribution >= 4 is 23.3 Å². The molecule has 0 unspecified atom stereocenters. The van der Waals surface area contributed by atoms with Crippen molar-refractivity contribution in [1.29, 1.82) is 0 Å². The van der Waals surface area contributed by atoms with E-state index < -0.39 is 17.8 Å². The minimum Gasteiger partial charge on any atom is -0.399 e. The molecule has 2 aromatic heterocycles. The van der Waals surface area contributed by atoms with Gasteiger partial charge in [0.05, 0.1) is 43.6 Å². The highest BCUT2D eigenvalue weighted by Crippen LogP contribution is 2.36. The smallest absolute Gasteiger partial charge is 0.399 e. The highest BCUT2D eigenvalue weighted by atomic mass is 19.4. The van der Waals surface area contributed by atoms with Crippen molar-refractivity contribution in [3.63, 3.8) is 0 Å². The molecule has 0 spiro atoms. The molecular weight excluding hydrogens is 489 g/mol. The van der Waals surface area contributed by atoms with Crippen LogP contribution in [0.2, 0.25) is 0 Å². The number of aromatic nitrogens is 4. The van der Waals surface area contributed by atoms with E-state index in [1.165, 1.54) is 6.07 Å². The monoisotopic (exact) mass is 518 g/mol. The fraction of sp³-hybridized carbons (Fsp3) is 0.500. The van der Waals surface area contributed by atoms with Crippen LogP contribution in [0.3, 0.4) is 0 Å². The highest BCUT2D eigenvalue weighted by Gasteiger charge is 2.35. The third-order valence-corrected chi connectivity index (χ3v) is 6.70. The van der Waals surface area contributed by atoms with E-state index in [0.717, 1.165) is 29.2 Å². The lowest BCUT2D eigenvalue weighted by Crippen LogP contribution is -2.46. The van der Waals surface area contributed by atoms with Crippen LogP contribution in [-0.2, 0) is 24.0 Å². The molecule has 0 saturated carbocycles. The van der Waals surface area contributed by atoms with Gasteiger partial charge in [-0.25, -0.2) is 4.79 Å². The zero-order chi connectivity index (χ0) is 26.5. The molecule has 37 heavy (non-hydrogen) atoms. The van der Waals surface area contributed by atoms with Gasteiger partial charge in [-0.1, -0.05) is 13.8 Å². The van der Waals surface area contributed by atoms with Gasteiger partial charge in [0, 0.05) is 30.3 Å². The molecule has 3 aromatic rings. The van der Waals surface area contributed by atoms with Gasteiger partial charge in [-0.3, -0.25) is 4.40 Å². The molecule has 0 radical (unpaired) electrons. The summed E-state index contributed by atoms with van der Waals surface area (Å²) in [6.45, 7) is 8.39. The zero-order valence-corrected chi connectivity index (χ0v) is 20.8. The summed E-state index contributed by atoms with van der Waals surface area (Å²) in [6.07, 6.45) is -4.52. The molecule has 1 aromatic carbocycles. The van der Waals surface area contributed by atoms with Crippen LogP contribution in [-0.4, -0.2) is 61.7 Å². The van der Waals surface area contributed by atoms with Crippen LogP contribution in [0.15, 0.2) is 18.2 Å². The molecule has 13 heteroatoms. The largest absolute Gasteiger partial charge is 0.416 e. The fourth-order valence-corrected chi connectivity index (χ4v) is 4.78. The van der Waals surface area contributed by atoms with E-state index in [9.17, 15) is 18.0 Å². The van der Waals surface area contributed by atoms with Crippen molar-refractivity contribution in [2.24, 2.45) is 0 Å². The summed E-state index contributed by atoms with van der Waals surface area (Å²) in [5.74, 6) is 1.60. The quantitative estimate of drug-likeness (QED) is 0.505. The van der Waals surface area contributed by atoms with E-state index >= 15 is 0 Å². The molecule has 2 aliphatic rings. The lowest BCUT2D eigenvalue weighted by atomic mass is 10.0. The Morgan fingerprint density at radius 1 is 1.08 bits per heavy atom. The Labute approximate surface area is 211 Å². The molecule has 198 valence electrons. The predicted molar refractivity (Wildman–Crippen MR) is 130 cm³/mol. The van der Waals surface area contributed by atoms with Crippen molar-refractivity contribution in [2.45, 2.75) is 52.0 Å². The molecule has 5 rings (SSSR count). The van der Waals surface area contributed by atoms with Gasteiger partial charge in [0.15, 0.2) is 0 Å². The second-order valence-corrected chi connectivity index (χ2v) is 9.72. The predicted octanol–water partition coefficient (Wildman–Crippen LogP) is 3.79. The lowest BCUT2D eigenvalue weighted by Gasteiger charge is -2.30. The van der Waals surface area contributed by atoms with Crippen molar-refractivity contribution in [2.75, 3.05) is 37.4 Å². The van der Waals surface area contributed by atoms with Crippen LogP contribution >= 0.6 is 0 Å². The number of carbonyl (C=O) groups excluding carboxylic acids is 1. The molecule has 4 heterocycles. The van der Waals surface area contributed by atoms with Crippen molar-refractivity contribution < 1.29 is 22.7 Å². The first-order valence-electron chi connectivity index (χ1n) is 12.2. The first kappa shape index (κ1) is 25.1. The Bertz CT molecular complexity index is 1330. The van der Waals surface area contributed by atoms with Crippen molar-refractivity contribution in [3.8, 4) is 0 Å². The van der Waals surface area contributed by atoms with E-state index in [4.69, 9.17) is 10.5 Å². The number of rotatable bonds is 4. The molecule has 0 bridgehead atoms. The number of nitrogen functional groups attached to an aromatic ring is 1. The molecule has 2 aliphatic heterocycles. The second-order valence-electron chi connectivity index (χ2n) is 9.72. The zero-order valence-electron chi connectivity index (χ0n) is 20.8. The van der Waals surface area contributed by atoms with Gasteiger partial charge >= 0.3 is 12.2 Å². The average molecular weight is 519 g/mol. The number of morpholine rings is 1. The summed E-state index contributed by atoms with van der Waals surface area (Å²) in [4.78, 5) is 21.4. The Balaban J connectivity index is 1.51. The number of nitrogens with zero attached hydrogens (tertiary/aromatic N) is 6. The Kier molecular flexibility index (Phi) is 6.34. The van der Waals surface area contributed by atoms with Gasteiger partial charge in [0.2, 0.25) is 0 Å². The van der Waals surface area contributed by atoms with Crippen molar-refractivity contribution in [1.82, 2.24) is 29.4 Å². The number of fused-ring (bicyclic) bond motifs is 3. The van der Waals surface area contributed by atoms with E-state index in [1.54, 1.807) is 16.7 Å². The molecule has 1 fully saturated rings. The molecule has 10 nitrogen and oxygen atoms in total. The summed E-state index contributed by atoms with van der Waals surface area (Å²) < 4.78 is 47.4. The Hall–Kier alpha value is -3.61. The van der Waals surface area contributed by atoms with Gasteiger partial charge in [0.1, 0.15) is 11.6 Å². The Morgan fingerprint density at radius 2 is 1.81 bits per heavy atom. The molecule has 0 aliphatic carbocycles. The number of ether oxygens (including phenoxy) is 1. The third-order valence-electron chi connectivity index (χ3n) is 6.70. The topological polar surface area (TPSA) is 114 Å². The maximum absolute atomic E-state index is 13.4. The average Bonchev–Trinajstić information content (AvgIpc) is 3.48. The van der Waals surface area contributed by atoms with Crippen LogP contribution < -0.4 is 11.1 Å². The lowest BCUT2D eigenvalue weighted by molar-refractivity contribution is -0.137. The van der Waals surface area contributed by atoms with Gasteiger partial charge < -0.3 is 25.6 Å². The normalized spacial score (nSPS) is 16.9. The number of hydrogen-bond donors (Lipinski definition) is 2. The molecule has 1 atom stereocenters. The van der Waals surface area contributed by atoms with Gasteiger partial charge in [-0.05, 0) is 30.7 Å². The van der Waals surface area contributed by atoms with E-state index in [2.05, 4.69) is 20.5 Å². The summed E-state index contributed by atoms with van der Waals surface area (Å²) in [7, 11) is 0. The number of nitrogens with two attached hydrogens (primary N) is 1. The maximum Gasteiger partial charge on any atom is 0.416 e. The first-order valence-corrected chi connectivity index (χ1v) is 12.2. The summed E-state index contributed by atoms with van der Waals surface area (Å²) >= 11 is 0. The maximum atomic E-state index is 13.4. The summed E-state index contributed by atoms with van der Waals surface area (Å²) in [5, 5.41) is 11.8. The Morgan fingerprint density at radius 3 is 2.49 bits per heavy atom. The van der Waals surface area contributed by atoms with Crippen LogP contribution in [0.1, 0.15) is 60.9 Å².